The van der Waals surface area contributed by atoms with Gasteiger partial charge in [-0.2, -0.15) is 0 Å². The Balaban J connectivity index is 1.40. The average molecular weight is 507 g/mol. The van der Waals surface area contributed by atoms with Gasteiger partial charge in [0.25, 0.3) is 0 Å². The van der Waals surface area contributed by atoms with E-state index in [1.165, 1.54) is 0 Å². The van der Waals surface area contributed by atoms with Crippen LogP contribution in [0, 0.1) is 0 Å². The van der Waals surface area contributed by atoms with E-state index in [1.54, 1.807) is 28.9 Å². The van der Waals surface area contributed by atoms with Crippen molar-refractivity contribution in [3.05, 3.63) is 66.9 Å². The van der Waals surface area contributed by atoms with Crippen molar-refractivity contribution in [3.8, 4) is 11.3 Å². The van der Waals surface area contributed by atoms with Crippen molar-refractivity contribution < 1.29 is 13.2 Å². The molecule has 2 aromatic heterocycles. The summed E-state index contributed by atoms with van der Waals surface area (Å²) in [5.74, 6) is 0.442. The van der Waals surface area contributed by atoms with Crippen LogP contribution in [0.25, 0.3) is 16.8 Å². The van der Waals surface area contributed by atoms with E-state index in [0.29, 0.717) is 5.95 Å². The fraction of sp³-hybridized carbons (Fsp3) is 0.308. The Kier molecular flexibility index (Phi) is 6.42. The summed E-state index contributed by atoms with van der Waals surface area (Å²) in [6.45, 7) is 8.71. The molecule has 2 N–H and O–H groups in total. The van der Waals surface area contributed by atoms with Crippen molar-refractivity contribution in [2.24, 2.45) is 0 Å². The van der Waals surface area contributed by atoms with Gasteiger partial charge in [-0.3, -0.25) is 0 Å². The molecule has 0 atom stereocenters. The lowest BCUT2D eigenvalue weighted by molar-refractivity contribution is 0.122. The van der Waals surface area contributed by atoms with Gasteiger partial charge in [0.05, 0.1) is 35.5 Å². The minimum Gasteiger partial charge on any atom is -0.378 e. The Morgan fingerprint density at radius 2 is 1.72 bits per heavy atom. The van der Waals surface area contributed by atoms with E-state index >= 15 is 0 Å². The van der Waals surface area contributed by atoms with Crippen molar-refractivity contribution in [1.82, 2.24) is 19.3 Å². The molecule has 9 nitrogen and oxygen atoms in total. The molecule has 2 aromatic carbocycles. The number of hydrogen-bond acceptors (Lipinski definition) is 7. The molecule has 188 valence electrons. The van der Waals surface area contributed by atoms with E-state index in [0.717, 1.165) is 54.5 Å². The Bertz CT molecular complexity index is 1470. The molecule has 0 radical (unpaired) electrons. The molecule has 1 fully saturated rings. The Hall–Kier alpha value is -3.47. The first-order valence-corrected chi connectivity index (χ1v) is 13.4. The SMILES string of the molecule is CC(C)(C)NS(=O)(=O)c1cccc(-c2ccc3cnc(Nc4ccc(N5CCOCC5)cc4)nn23)c1. The molecule has 0 aliphatic carbocycles. The van der Waals surface area contributed by atoms with E-state index < -0.39 is 15.6 Å². The lowest BCUT2D eigenvalue weighted by atomic mass is 10.1. The lowest BCUT2D eigenvalue weighted by Crippen LogP contribution is -2.40. The van der Waals surface area contributed by atoms with Gasteiger partial charge in [0.2, 0.25) is 16.0 Å². The molecule has 10 heteroatoms. The molecule has 0 amide bonds. The van der Waals surface area contributed by atoms with Crippen molar-refractivity contribution in [1.29, 1.82) is 0 Å². The van der Waals surface area contributed by atoms with Gasteiger partial charge in [0.1, 0.15) is 0 Å². The number of aromatic nitrogens is 3. The zero-order valence-corrected chi connectivity index (χ0v) is 21.4. The van der Waals surface area contributed by atoms with Crippen LogP contribution in [0.3, 0.4) is 0 Å². The summed E-state index contributed by atoms with van der Waals surface area (Å²) >= 11 is 0. The summed E-state index contributed by atoms with van der Waals surface area (Å²) < 4.78 is 35.6. The summed E-state index contributed by atoms with van der Waals surface area (Å²) in [7, 11) is -3.66. The Labute approximate surface area is 211 Å². The molecular formula is C26H30N6O3S. The first-order valence-electron chi connectivity index (χ1n) is 11.9. The van der Waals surface area contributed by atoms with Gasteiger partial charge in [-0.1, -0.05) is 12.1 Å². The number of morpholine rings is 1. The lowest BCUT2D eigenvalue weighted by Gasteiger charge is -2.28. The summed E-state index contributed by atoms with van der Waals surface area (Å²) in [4.78, 5) is 6.95. The van der Waals surface area contributed by atoms with Crippen LogP contribution in [0.1, 0.15) is 20.8 Å². The van der Waals surface area contributed by atoms with Crippen LogP contribution in [-0.4, -0.2) is 54.9 Å². The van der Waals surface area contributed by atoms with Crippen molar-refractivity contribution in [2.75, 3.05) is 36.5 Å². The number of sulfonamides is 1. The van der Waals surface area contributed by atoms with Crippen LogP contribution in [0.15, 0.2) is 71.8 Å². The minimum atomic E-state index is -3.66. The topological polar surface area (TPSA) is 101 Å². The number of hydrogen-bond donors (Lipinski definition) is 2. The predicted octanol–water partition coefficient (Wildman–Crippen LogP) is 4.05. The van der Waals surface area contributed by atoms with Crippen LogP contribution < -0.4 is 14.9 Å². The maximum Gasteiger partial charge on any atom is 0.245 e. The van der Waals surface area contributed by atoms with Gasteiger partial charge in [0.15, 0.2) is 0 Å². The zero-order chi connectivity index (χ0) is 25.3. The van der Waals surface area contributed by atoms with Crippen molar-refractivity contribution >= 4 is 32.9 Å². The molecule has 0 spiro atoms. The van der Waals surface area contributed by atoms with Gasteiger partial charge in [-0.15, -0.1) is 5.10 Å². The molecule has 1 aliphatic heterocycles. The highest BCUT2D eigenvalue weighted by molar-refractivity contribution is 7.89. The van der Waals surface area contributed by atoms with E-state index in [2.05, 4.69) is 37.2 Å². The highest BCUT2D eigenvalue weighted by atomic mass is 32.2. The van der Waals surface area contributed by atoms with Gasteiger partial charge in [-0.25, -0.2) is 22.6 Å². The maximum atomic E-state index is 12.9. The zero-order valence-electron chi connectivity index (χ0n) is 20.6. The highest BCUT2D eigenvalue weighted by Gasteiger charge is 2.22. The fourth-order valence-electron chi connectivity index (χ4n) is 4.17. The summed E-state index contributed by atoms with van der Waals surface area (Å²) in [6.07, 6.45) is 1.74. The monoisotopic (exact) mass is 506 g/mol. The second kappa shape index (κ2) is 9.53. The molecule has 1 aliphatic rings. The van der Waals surface area contributed by atoms with E-state index in [-0.39, 0.29) is 4.90 Å². The predicted molar refractivity (Wildman–Crippen MR) is 141 cm³/mol. The maximum absolute atomic E-state index is 12.9. The first-order chi connectivity index (χ1) is 17.2. The third-order valence-corrected chi connectivity index (χ3v) is 7.53. The van der Waals surface area contributed by atoms with Crippen LogP contribution in [0.2, 0.25) is 0 Å². The first kappa shape index (κ1) is 24.2. The number of nitrogens with zero attached hydrogens (tertiary/aromatic N) is 4. The fourth-order valence-corrected chi connectivity index (χ4v) is 5.63. The van der Waals surface area contributed by atoms with Gasteiger partial charge >= 0.3 is 0 Å². The van der Waals surface area contributed by atoms with Crippen LogP contribution in [0.5, 0.6) is 0 Å². The van der Waals surface area contributed by atoms with E-state index in [4.69, 9.17) is 4.74 Å². The van der Waals surface area contributed by atoms with E-state index in [1.807, 2.05) is 51.1 Å². The number of fused-ring (bicyclic) bond motifs is 1. The van der Waals surface area contributed by atoms with Gasteiger partial charge in [0, 0.05) is 35.6 Å². The quantitative estimate of drug-likeness (QED) is 0.407. The molecule has 5 rings (SSSR count). The number of anilines is 3. The summed E-state index contributed by atoms with van der Waals surface area (Å²) in [5.41, 5.74) is 3.77. The third-order valence-electron chi connectivity index (χ3n) is 5.78. The number of rotatable bonds is 6. The molecular weight excluding hydrogens is 476 g/mol. The molecule has 36 heavy (non-hydrogen) atoms. The van der Waals surface area contributed by atoms with Crippen molar-refractivity contribution in [3.63, 3.8) is 0 Å². The van der Waals surface area contributed by atoms with Crippen LogP contribution >= 0.6 is 0 Å². The average Bonchev–Trinajstić information content (AvgIpc) is 3.27. The summed E-state index contributed by atoms with van der Waals surface area (Å²) in [6, 6.07) is 18.8. The number of ether oxygens (including phenoxy) is 1. The smallest absolute Gasteiger partial charge is 0.245 e. The van der Waals surface area contributed by atoms with Gasteiger partial charge < -0.3 is 15.0 Å². The normalized spacial score (nSPS) is 14.8. The molecule has 0 unspecified atom stereocenters. The minimum absolute atomic E-state index is 0.206. The number of benzene rings is 2. The molecule has 0 saturated carbocycles. The molecule has 4 aromatic rings. The highest BCUT2D eigenvalue weighted by Crippen LogP contribution is 2.26. The van der Waals surface area contributed by atoms with Crippen molar-refractivity contribution in [2.45, 2.75) is 31.2 Å². The summed E-state index contributed by atoms with van der Waals surface area (Å²) in [5, 5.41) is 7.94. The molecule has 3 heterocycles. The Morgan fingerprint density at radius 1 is 0.972 bits per heavy atom. The number of nitrogens with one attached hydrogen (secondary N) is 2. The van der Waals surface area contributed by atoms with Gasteiger partial charge in [-0.05, 0) is 69.3 Å². The standard InChI is InChI=1S/C26H30N6O3S/c1-26(2,3)30-36(33,34)23-6-4-5-19(17-23)24-12-11-22-18-27-25(29-32(22)24)28-20-7-9-21(10-8-20)31-13-15-35-16-14-31/h4-12,17-18,30H,13-16H2,1-3H3,(H,28,29). The molecule has 0 bridgehead atoms. The largest absolute Gasteiger partial charge is 0.378 e. The second-order valence-electron chi connectivity index (χ2n) is 9.79. The Morgan fingerprint density at radius 3 is 2.44 bits per heavy atom. The van der Waals surface area contributed by atoms with Crippen LogP contribution in [-0.2, 0) is 14.8 Å². The second-order valence-corrected chi connectivity index (χ2v) is 11.5. The van der Waals surface area contributed by atoms with E-state index in [9.17, 15) is 8.42 Å². The molecule has 1 saturated heterocycles. The van der Waals surface area contributed by atoms with Crippen LogP contribution in [0.4, 0.5) is 17.3 Å². The third kappa shape index (κ3) is 5.35.